The van der Waals surface area contributed by atoms with Crippen molar-refractivity contribution in [2.75, 3.05) is 26.2 Å². The summed E-state index contributed by atoms with van der Waals surface area (Å²) in [6.07, 6.45) is 4.44. The van der Waals surface area contributed by atoms with Crippen LogP contribution >= 0.6 is 0 Å². The van der Waals surface area contributed by atoms with Gasteiger partial charge in [-0.3, -0.25) is 14.5 Å². The summed E-state index contributed by atoms with van der Waals surface area (Å²) in [6, 6.07) is 6.36. The molecule has 1 heterocycles. The molecular weight excluding hydrogens is 333 g/mol. The van der Waals surface area contributed by atoms with Crippen molar-refractivity contribution in [1.29, 1.82) is 0 Å². The molecule has 2 fully saturated rings. The number of rotatable bonds is 5. The van der Waals surface area contributed by atoms with Gasteiger partial charge in [-0.2, -0.15) is 0 Å². The molecule has 0 spiro atoms. The van der Waals surface area contributed by atoms with Gasteiger partial charge >= 0.3 is 0 Å². The highest BCUT2D eigenvalue weighted by Crippen LogP contribution is 2.31. The lowest BCUT2D eigenvalue weighted by atomic mass is 9.95. The lowest BCUT2D eigenvalue weighted by molar-refractivity contribution is -0.133. The number of halogens is 1. The zero-order chi connectivity index (χ0) is 18.5. The zero-order valence-corrected chi connectivity index (χ0v) is 15.4. The van der Waals surface area contributed by atoms with Gasteiger partial charge in [0.15, 0.2) is 0 Å². The molecule has 0 aromatic heterocycles. The minimum atomic E-state index is -0.291. The molecule has 5 nitrogen and oxygen atoms in total. The van der Waals surface area contributed by atoms with Crippen molar-refractivity contribution in [3.8, 4) is 0 Å². The molecule has 6 heteroatoms. The Labute approximate surface area is 154 Å². The van der Waals surface area contributed by atoms with Crippen molar-refractivity contribution in [3.63, 3.8) is 0 Å². The molecule has 1 aromatic carbocycles. The average molecular weight is 361 g/mol. The summed E-state index contributed by atoms with van der Waals surface area (Å²) in [5.74, 6) is 0.127. The van der Waals surface area contributed by atoms with E-state index in [1.807, 2.05) is 4.90 Å². The summed E-state index contributed by atoms with van der Waals surface area (Å²) in [7, 11) is 0. The van der Waals surface area contributed by atoms with Gasteiger partial charge in [0.2, 0.25) is 11.8 Å². The highest BCUT2D eigenvalue weighted by atomic mass is 19.1. The van der Waals surface area contributed by atoms with Crippen LogP contribution in [-0.2, 0) is 16.1 Å². The number of carbonyl (C=O) groups is 2. The highest BCUT2D eigenvalue weighted by Gasteiger charge is 2.36. The number of amides is 2. The monoisotopic (exact) mass is 361 g/mol. The summed E-state index contributed by atoms with van der Waals surface area (Å²) >= 11 is 0. The van der Waals surface area contributed by atoms with E-state index in [4.69, 9.17) is 0 Å². The number of nitrogens with one attached hydrogen (secondary N) is 1. The summed E-state index contributed by atoms with van der Waals surface area (Å²) in [4.78, 5) is 28.6. The molecule has 1 saturated heterocycles. The molecule has 1 aromatic rings. The van der Waals surface area contributed by atoms with Crippen LogP contribution in [0.15, 0.2) is 24.3 Å². The predicted molar refractivity (Wildman–Crippen MR) is 97.8 cm³/mol. The maximum atomic E-state index is 13.8. The molecule has 2 amide bonds. The number of benzene rings is 1. The second kappa shape index (κ2) is 8.62. The van der Waals surface area contributed by atoms with Gasteiger partial charge in [0.25, 0.3) is 0 Å². The molecule has 0 radical (unpaired) electrons. The van der Waals surface area contributed by atoms with Gasteiger partial charge in [-0.25, -0.2) is 4.39 Å². The van der Waals surface area contributed by atoms with Crippen molar-refractivity contribution in [2.24, 2.45) is 5.92 Å². The summed E-state index contributed by atoms with van der Waals surface area (Å²) in [5, 5.41) is 2.95. The second-order valence-electron chi connectivity index (χ2n) is 7.34. The SMILES string of the molecule is CC(=O)N1CCN([C@H](C(=O)NCc2ccccc2F)C2CCCC2)CC1. The van der Waals surface area contributed by atoms with E-state index in [1.165, 1.54) is 6.07 Å². The fraction of sp³-hybridized carbons (Fsp3) is 0.600. The quantitative estimate of drug-likeness (QED) is 0.874. The predicted octanol–water partition coefficient (Wildman–Crippen LogP) is 2.16. The van der Waals surface area contributed by atoms with E-state index in [9.17, 15) is 14.0 Å². The van der Waals surface area contributed by atoms with Crippen molar-refractivity contribution in [2.45, 2.75) is 45.2 Å². The fourth-order valence-corrected chi connectivity index (χ4v) is 4.19. The second-order valence-corrected chi connectivity index (χ2v) is 7.34. The molecule has 1 N–H and O–H groups in total. The van der Waals surface area contributed by atoms with E-state index in [-0.39, 0.29) is 30.2 Å². The van der Waals surface area contributed by atoms with E-state index in [0.717, 1.165) is 25.7 Å². The Morgan fingerprint density at radius 2 is 1.81 bits per heavy atom. The third-order valence-electron chi connectivity index (χ3n) is 5.68. The molecule has 1 aliphatic heterocycles. The van der Waals surface area contributed by atoms with Crippen LogP contribution < -0.4 is 5.32 Å². The van der Waals surface area contributed by atoms with Gasteiger partial charge in [-0.05, 0) is 24.8 Å². The first-order valence-corrected chi connectivity index (χ1v) is 9.57. The van der Waals surface area contributed by atoms with Crippen molar-refractivity contribution < 1.29 is 14.0 Å². The molecule has 0 unspecified atom stereocenters. The Morgan fingerprint density at radius 1 is 1.15 bits per heavy atom. The third kappa shape index (κ3) is 4.41. The first-order valence-electron chi connectivity index (χ1n) is 9.57. The van der Waals surface area contributed by atoms with Crippen LogP contribution in [0.1, 0.15) is 38.2 Å². The normalized spacial score (nSPS) is 20.2. The lowest BCUT2D eigenvalue weighted by Crippen LogP contribution is -2.57. The Balaban J connectivity index is 1.65. The van der Waals surface area contributed by atoms with Crippen LogP contribution in [0.2, 0.25) is 0 Å². The largest absolute Gasteiger partial charge is 0.351 e. The molecule has 2 aliphatic rings. The highest BCUT2D eigenvalue weighted by molar-refractivity contribution is 5.82. The maximum Gasteiger partial charge on any atom is 0.237 e. The average Bonchev–Trinajstić information content (AvgIpc) is 3.16. The van der Waals surface area contributed by atoms with Gasteiger partial charge in [-0.15, -0.1) is 0 Å². The summed E-state index contributed by atoms with van der Waals surface area (Å²) in [6.45, 7) is 4.56. The molecule has 1 atom stereocenters. The van der Waals surface area contributed by atoms with Crippen molar-refractivity contribution in [3.05, 3.63) is 35.6 Å². The third-order valence-corrected chi connectivity index (χ3v) is 5.68. The minimum Gasteiger partial charge on any atom is -0.351 e. The van der Waals surface area contributed by atoms with Crippen LogP contribution in [0.3, 0.4) is 0 Å². The molecule has 26 heavy (non-hydrogen) atoms. The van der Waals surface area contributed by atoms with Gasteiger partial charge in [0.05, 0.1) is 6.04 Å². The summed E-state index contributed by atoms with van der Waals surface area (Å²) < 4.78 is 13.8. The molecule has 0 bridgehead atoms. The maximum absolute atomic E-state index is 13.8. The zero-order valence-electron chi connectivity index (χ0n) is 15.4. The number of hydrogen-bond acceptors (Lipinski definition) is 3. The van der Waals surface area contributed by atoms with Gasteiger partial charge in [0.1, 0.15) is 5.82 Å². The van der Waals surface area contributed by atoms with E-state index >= 15 is 0 Å². The molecular formula is C20H28FN3O2. The number of carbonyl (C=O) groups excluding carboxylic acids is 2. The molecule has 1 aliphatic carbocycles. The van der Waals surface area contributed by atoms with Gasteiger partial charge in [0, 0.05) is 45.2 Å². The first kappa shape index (κ1) is 18.8. The molecule has 1 saturated carbocycles. The van der Waals surface area contributed by atoms with Gasteiger partial charge in [-0.1, -0.05) is 31.0 Å². The Bertz CT molecular complexity index is 638. The van der Waals surface area contributed by atoms with Crippen molar-refractivity contribution >= 4 is 11.8 Å². The minimum absolute atomic E-state index is 0.0172. The van der Waals surface area contributed by atoms with E-state index in [1.54, 1.807) is 25.1 Å². The van der Waals surface area contributed by atoms with Crippen LogP contribution in [0.4, 0.5) is 4.39 Å². The number of hydrogen-bond donors (Lipinski definition) is 1. The Hall–Kier alpha value is -1.95. The summed E-state index contributed by atoms with van der Waals surface area (Å²) in [5.41, 5.74) is 0.507. The number of nitrogens with zero attached hydrogens (tertiary/aromatic N) is 2. The molecule has 142 valence electrons. The first-order chi connectivity index (χ1) is 12.6. The van der Waals surface area contributed by atoms with Crippen LogP contribution in [-0.4, -0.2) is 53.8 Å². The van der Waals surface area contributed by atoms with Crippen LogP contribution in [0, 0.1) is 11.7 Å². The van der Waals surface area contributed by atoms with Crippen LogP contribution in [0.5, 0.6) is 0 Å². The van der Waals surface area contributed by atoms with Gasteiger partial charge < -0.3 is 10.2 Å². The van der Waals surface area contributed by atoms with Crippen molar-refractivity contribution in [1.82, 2.24) is 15.1 Å². The number of piperazine rings is 1. The Kier molecular flexibility index (Phi) is 6.25. The van der Waals surface area contributed by atoms with Crippen LogP contribution in [0.25, 0.3) is 0 Å². The Morgan fingerprint density at radius 3 is 2.42 bits per heavy atom. The lowest BCUT2D eigenvalue weighted by Gasteiger charge is -2.40. The van der Waals surface area contributed by atoms with E-state index in [0.29, 0.717) is 37.7 Å². The fourth-order valence-electron chi connectivity index (χ4n) is 4.19. The smallest absolute Gasteiger partial charge is 0.237 e. The van der Waals surface area contributed by atoms with E-state index in [2.05, 4.69) is 10.2 Å². The molecule has 3 rings (SSSR count). The topological polar surface area (TPSA) is 52.7 Å². The standard InChI is InChI=1S/C20H28FN3O2/c1-15(25)23-10-12-24(13-11-23)19(16-6-2-3-7-16)20(26)22-14-17-8-4-5-9-18(17)21/h4-5,8-9,16,19H,2-3,6-7,10-14H2,1H3,(H,22,26)/t19-/m0/s1. The van der Waals surface area contributed by atoms with E-state index < -0.39 is 0 Å².